The van der Waals surface area contributed by atoms with Gasteiger partial charge in [-0.25, -0.2) is 0 Å². The molecule has 2 unspecified atom stereocenters. The summed E-state index contributed by atoms with van der Waals surface area (Å²) in [5.41, 5.74) is 0. The predicted octanol–water partition coefficient (Wildman–Crippen LogP) is 6.90. The van der Waals surface area contributed by atoms with Crippen LogP contribution in [0.3, 0.4) is 0 Å². The number of rotatable bonds is 12. The normalized spacial score (nSPS) is 15.2. The maximum Gasteiger partial charge on any atom is 0.361 e. The van der Waals surface area contributed by atoms with E-state index in [9.17, 15) is 0 Å². The van der Waals surface area contributed by atoms with E-state index >= 15 is 0 Å². The van der Waals surface area contributed by atoms with Crippen molar-refractivity contribution in [2.24, 2.45) is 0 Å². The fourth-order valence-electron chi connectivity index (χ4n) is 4.76. The van der Waals surface area contributed by atoms with Crippen LogP contribution in [-0.2, 0) is 13.0 Å². The molecule has 0 aliphatic rings. The third kappa shape index (κ3) is 5.76. The van der Waals surface area contributed by atoms with Crippen LogP contribution in [-0.4, -0.2) is 30.3 Å². The molecule has 3 nitrogen and oxygen atoms in total. The molecule has 0 aliphatic heterocycles. The van der Waals surface area contributed by atoms with E-state index in [1.807, 2.05) is 0 Å². The van der Waals surface area contributed by atoms with Crippen molar-refractivity contribution in [1.82, 2.24) is 0 Å². The lowest BCUT2D eigenvalue weighted by molar-refractivity contribution is 0.200. The van der Waals surface area contributed by atoms with Crippen LogP contribution in [0.1, 0.15) is 39.5 Å². The van der Waals surface area contributed by atoms with Crippen molar-refractivity contribution < 1.29 is 13.0 Å². The second kappa shape index (κ2) is 11.6. The van der Waals surface area contributed by atoms with Crippen LogP contribution in [0, 0.1) is 0 Å². The second-order valence-corrected chi connectivity index (χ2v) is 15.7. The average molecular weight is 503 g/mol. The maximum absolute atomic E-state index is 7.34. The Kier molecular flexibility index (Phi) is 8.57. The van der Waals surface area contributed by atoms with Gasteiger partial charge in [0.05, 0.1) is 0 Å². The molecule has 4 aromatic rings. The summed E-state index contributed by atoms with van der Waals surface area (Å²) in [7, 11) is -5.71. The van der Waals surface area contributed by atoms with Gasteiger partial charge in [0.15, 0.2) is 0 Å². The van der Waals surface area contributed by atoms with Crippen molar-refractivity contribution in [1.29, 1.82) is 0 Å². The van der Waals surface area contributed by atoms with E-state index in [2.05, 4.69) is 112 Å². The molecule has 0 aliphatic carbocycles. The third-order valence-electron chi connectivity index (χ3n) is 6.70. The standard InChI is InChI=1S/C30H38O3Si2/c1-5-7-23-31-34(3,29-21-13-17-25-15-9-11-19-27(25)29)33-35(4,32-24-8-6-2)30-22-14-18-26-16-10-12-20-28(26)30/h9-22H,5-8,23-24H2,1-4H3. The quantitative estimate of drug-likeness (QED) is 0.156. The molecule has 0 saturated carbocycles. The van der Waals surface area contributed by atoms with Crippen LogP contribution >= 0.6 is 0 Å². The van der Waals surface area contributed by atoms with Crippen molar-refractivity contribution in [2.75, 3.05) is 13.2 Å². The molecule has 35 heavy (non-hydrogen) atoms. The van der Waals surface area contributed by atoms with Crippen molar-refractivity contribution >= 4 is 49.0 Å². The molecule has 4 aromatic carbocycles. The van der Waals surface area contributed by atoms with Gasteiger partial charge in [-0.2, -0.15) is 0 Å². The zero-order valence-electron chi connectivity index (χ0n) is 21.6. The monoisotopic (exact) mass is 502 g/mol. The molecule has 0 radical (unpaired) electrons. The highest BCUT2D eigenvalue weighted by Gasteiger charge is 2.47. The summed E-state index contributed by atoms with van der Waals surface area (Å²) in [6, 6.07) is 30.1. The van der Waals surface area contributed by atoms with E-state index in [-0.39, 0.29) is 0 Å². The van der Waals surface area contributed by atoms with Crippen molar-refractivity contribution in [3.05, 3.63) is 84.9 Å². The predicted molar refractivity (Wildman–Crippen MR) is 153 cm³/mol. The zero-order chi connectivity index (χ0) is 24.7. The highest BCUT2D eigenvalue weighted by atomic mass is 28.5. The molecular formula is C30H38O3Si2. The van der Waals surface area contributed by atoms with Gasteiger partial charge < -0.3 is 13.0 Å². The van der Waals surface area contributed by atoms with Gasteiger partial charge in [0.25, 0.3) is 0 Å². The van der Waals surface area contributed by atoms with Crippen molar-refractivity contribution in [2.45, 2.75) is 52.6 Å². The van der Waals surface area contributed by atoms with Gasteiger partial charge in [-0.15, -0.1) is 0 Å². The lowest BCUT2D eigenvalue weighted by Crippen LogP contribution is -2.64. The average Bonchev–Trinajstić information content (AvgIpc) is 2.88. The minimum Gasteiger partial charge on any atom is -0.408 e. The Morgan fingerprint density at radius 1 is 0.543 bits per heavy atom. The highest BCUT2D eigenvalue weighted by Crippen LogP contribution is 2.25. The molecule has 184 valence electrons. The van der Waals surface area contributed by atoms with Crippen molar-refractivity contribution in [3.8, 4) is 0 Å². The lowest BCUT2D eigenvalue weighted by atomic mass is 10.1. The number of fused-ring (bicyclic) bond motifs is 2. The van der Waals surface area contributed by atoms with Crippen LogP contribution < -0.4 is 10.4 Å². The fourth-order valence-corrected chi connectivity index (χ4v) is 12.7. The number of benzene rings is 4. The molecule has 5 heteroatoms. The van der Waals surface area contributed by atoms with Crippen LogP contribution in [0.5, 0.6) is 0 Å². The summed E-state index contributed by atoms with van der Waals surface area (Å²) in [5, 5.41) is 7.22. The summed E-state index contributed by atoms with van der Waals surface area (Å²) in [6.07, 6.45) is 4.20. The Bertz CT molecular complexity index is 1150. The summed E-state index contributed by atoms with van der Waals surface area (Å²) in [4.78, 5) is 0. The number of hydrogen-bond acceptors (Lipinski definition) is 3. The van der Waals surface area contributed by atoms with E-state index in [1.165, 1.54) is 31.9 Å². The summed E-state index contributed by atoms with van der Waals surface area (Å²) in [6.45, 7) is 10.2. The molecule has 0 amide bonds. The fraction of sp³-hybridized carbons (Fsp3) is 0.333. The largest absolute Gasteiger partial charge is 0.408 e. The molecule has 4 rings (SSSR count). The van der Waals surface area contributed by atoms with E-state index in [4.69, 9.17) is 13.0 Å². The Morgan fingerprint density at radius 3 is 1.37 bits per heavy atom. The van der Waals surface area contributed by atoms with Gasteiger partial charge in [-0.05, 0) is 47.5 Å². The SMILES string of the molecule is CCCCO[Si](C)(O[Si](C)(OCCCC)c1cccc2ccccc12)c1cccc2ccccc12. The molecule has 0 bridgehead atoms. The summed E-state index contributed by atoms with van der Waals surface area (Å²) in [5.74, 6) is 0. The minimum atomic E-state index is -2.86. The van der Waals surface area contributed by atoms with Gasteiger partial charge in [-0.3, -0.25) is 0 Å². The van der Waals surface area contributed by atoms with Crippen LogP contribution in [0.15, 0.2) is 84.9 Å². The first-order valence-corrected chi connectivity index (χ1v) is 17.6. The Balaban J connectivity index is 1.84. The minimum absolute atomic E-state index is 0.692. The lowest BCUT2D eigenvalue weighted by Gasteiger charge is -2.38. The third-order valence-corrected chi connectivity index (χ3v) is 14.2. The first kappa shape index (κ1) is 25.8. The van der Waals surface area contributed by atoms with E-state index in [0.29, 0.717) is 13.2 Å². The molecule has 0 heterocycles. The van der Waals surface area contributed by atoms with Crippen LogP contribution in [0.2, 0.25) is 13.1 Å². The highest BCUT2D eigenvalue weighted by molar-refractivity contribution is 6.94. The van der Waals surface area contributed by atoms with Crippen molar-refractivity contribution in [3.63, 3.8) is 0 Å². The Labute approximate surface area is 212 Å². The number of hydrogen-bond donors (Lipinski definition) is 0. The Hall–Kier alpha value is -2.29. The van der Waals surface area contributed by atoms with Gasteiger partial charge in [0.1, 0.15) is 0 Å². The molecule has 0 N–H and O–H groups in total. The zero-order valence-corrected chi connectivity index (χ0v) is 23.6. The summed E-state index contributed by atoms with van der Waals surface area (Å²) < 4.78 is 20.9. The van der Waals surface area contributed by atoms with Crippen LogP contribution in [0.25, 0.3) is 21.5 Å². The van der Waals surface area contributed by atoms with Gasteiger partial charge in [-0.1, -0.05) is 112 Å². The van der Waals surface area contributed by atoms with Gasteiger partial charge in [0.2, 0.25) is 0 Å². The topological polar surface area (TPSA) is 27.7 Å². The van der Waals surface area contributed by atoms with Gasteiger partial charge in [0, 0.05) is 23.6 Å². The molecular weight excluding hydrogens is 464 g/mol. The van der Waals surface area contributed by atoms with E-state index < -0.39 is 17.1 Å². The maximum atomic E-state index is 7.34. The van der Waals surface area contributed by atoms with E-state index in [1.54, 1.807) is 0 Å². The molecule has 2 atom stereocenters. The van der Waals surface area contributed by atoms with E-state index in [0.717, 1.165) is 25.7 Å². The molecule has 0 aromatic heterocycles. The Morgan fingerprint density at radius 2 is 0.943 bits per heavy atom. The molecule has 0 saturated heterocycles. The van der Waals surface area contributed by atoms with Crippen LogP contribution in [0.4, 0.5) is 0 Å². The molecule has 0 spiro atoms. The first-order valence-electron chi connectivity index (χ1n) is 13.0. The second-order valence-electron chi connectivity index (χ2n) is 9.45. The molecule has 0 fully saturated rings. The summed E-state index contributed by atoms with van der Waals surface area (Å²) >= 11 is 0. The van der Waals surface area contributed by atoms with Gasteiger partial charge >= 0.3 is 17.1 Å². The number of unbranched alkanes of at least 4 members (excludes halogenated alkanes) is 2. The smallest absolute Gasteiger partial charge is 0.361 e. The first-order chi connectivity index (χ1) is 17.0.